The van der Waals surface area contributed by atoms with Crippen LogP contribution in [0.5, 0.6) is 0 Å². The second kappa shape index (κ2) is 10.7. The van der Waals surface area contributed by atoms with Crippen molar-refractivity contribution in [3.63, 3.8) is 0 Å². The third-order valence-corrected chi connectivity index (χ3v) is 4.27. The number of guanidine groups is 1. The number of nitrogens with zero attached hydrogens (tertiary/aromatic N) is 1. The maximum absolute atomic E-state index is 11.7. The van der Waals surface area contributed by atoms with Crippen LogP contribution in [0.4, 0.5) is 0 Å². The van der Waals surface area contributed by atoms with E-state index in [1.54, 1.807) is 0 Å². The molecule has 0 atom stereocenters. The molecule has 1 aromatic carbocycles. The van der Waals surface area contributed by atoms with E-state index >= 15 is 0 Å². The number of unbranched alkanes of at least 4 members (excludes halogenated alkanes) is 1. The van der Waals surface area contributed by atoms with E-state index in [4.69, 9.17) is 10.5 Å². The third-order valence-electron chi connectivity index (χ3n) is 4.27. The zero-order valence-electron chi connectivity index (χ0n) is 14.4. The van der Waals surface area contributed by atoms with E-state index in [0.29, 0.717) is 31.6 Å². The van der Waals surface area contributed by atoms with Crippen molar-refractivity contribution in [2.24, 2.45) is 10.7 Å². The quantitative estimate of drug-likeness (QED) is 0.332. The molecule has 1 aromatic rings. The molecule has 24 heavy (non-hydrogen) atoms. The highest BCUT2D eigenvalue weighted by atomic mass is 16.5. The summed E-state index contributed by atoms with van der Waals surface area (Å²) in [4.78, 5) is 16.0. The summed E-state index contributed by atoms with van der Waals surface area (Å²) in [6.45, 7) is 0.994. The minimum Gasteiger partial charge on any atom is -0.461 e. The Morgan fingerprint density at radius 3 is 2.67 bits per heavy atom. The van der Waals surface area contributed by atoms with Crippen LogP contribution >= 0.6 is 0 Å². The van der Waals surface area contributed by atoms with Gasteiger partial charge in [-0.15, -0.1) is 0 Å². The topological polar surface area (TPSA) is 76.7 Å². The average Bonchev–Trinajstić information content (AvgIpc) is 2.61. The summed E-state index contributed by atoms with van der Waals surface area (Å²) in [5, 5.41) is 3.29. The van der Waals surface area contributed by atoms with Gasteiger partial charge in [-0.1, -0.05) is 49.6 Å². The van der Waals surface area contributed by atoms with Crippen molar-refractivity contribution in [3.8, 4) is 0 Å². The van der Waals surface area contributed by atoms with Gasteiger partial charge in [0.05, 0.1) is 0 Å². The van der Waals surface area contributed by atoms with Gasteiger partial charge in [-0.05, 0) is 31.2 Å². The first-order chi connectivity index (χ1) is 11.7. The maximum Gasteiger partial charge on any atom is 0.306 e. The smallest absolute Gasteiger partial charge is 0.306 e. The fourth-order valence-electron chi connectivity index (χ4n) is 2.89. The van der Waals surface area contributed by atoms with Crippen LogP contribution < -0.4 is 11.1 Å². The van der Waals surface area contributed by atoms with E-state index in [-0.39, 0.29) is 5.97 Å². The van der Waals surface area contributed by atoms with Crippen LogP contribution in [-0.2, 0) is 16.1 Å². The SMILES string of the molecule is NC(=NCCCCC(=O)OCc1ccccc1)NC1CCCCC1. The molecule has 5 nitrogen and oxygen atoms in total. The highest BCUT2D eigenvalue weighted by Crippen LogP contribution is 2.17. The molecule has 1 aliphatic carbocycles. The van der Waals surface area contributed by atoms with Gasteiger partial charge >= 0.3 is 5.97 Å². The van der Waals surface area contributed by atoms with Gasteiger partial charge in [0.15, 0.2) is 5.96 Å². The lowest BCUT2D eigenvalue weighted by atomic mass is 9.96. The number of nitrogens with two attached hydrogens (primary N) is 1. The first-order valence-electron chi connectivity index (χ1n) is 9.00. The van der Waals surface area contributed by atoms with E-state index in [1.807, 2.05) is 30.3 Å². The molecule has 0 aromatic heterocycles. The number of carbonyl (C=O) groups is 1. The van der Waals surface area contributed by atoms with Crippen molar-refractivity contribution in [1.82, 2.24) is 5.32 Å². The van der Waals surface area contributed by atoms with Gasteiger partial charge in [-0.2, -0.15) is 0 Å². The molecule has 5 heteroatoms. The molecule has 1 fully saturated rings. The molecule has 0 aliphatic heterocycles. The molecule has 0 radical (unpaired) electrons. The monoisotopic (exact) mass is 331 g/mol. The molecule has 0 heterocycles. The van der Waals surface area contributed by atoms with Gasteiger partial charge in [0, 0.05) is 19.0 Å². The van der Waals surface area contributed by atoms with Crippen LogP contribution in [0.2, 0.25) is 0 Å². The van der Waals surface area contributed by atoms with E-state index in [1.165, 1.54) is 32.1 Å². The van der Waals surface area contributed by atoms with E-state index in [2.05, 4.69) is 10.3 Å². The molecule has 1 saturated carbocycles. The minimum atomic E-state index is -0.156. The van der Waals surface area contributed by atoms with Gasteiger partial charge < -0.3 is 15.8 Å². The summed E-state index contributed by atoms with van der Waals surface area (Å²) >= 11 is 0. The van der Waals surface area contributed by atoms with Crippen LogP contribution in [0, 0.1) is 0 Å². The second-order valence-electron chi connectivity index (χ2n) is 6.35. The predicted octanol–water partition coefficient (Wildman–Crippen LogP) is 3.14. The van der Waals surface area contributed by atoms with Crippen LogP contribution in [0.15, 0.2) is 35.3 Å². The highest BCUT2D eigenvalue weighted by Gasteiger charge is 2.13. The summed E-state index contributed by atoms with van der Waals surface area (Å²) < 4.78 is 5.24. The fourth-order valence-corrected chi connectivity index (χ4v) is 2.89. The Kier molecular flexibility index (Phi) is 8.15. The first-order valence-corrected chi connectivity index (χ1v) is 9.00. The third kappa shape index (κ3) is 7.49. The summed E-state index contributed by atoms with van der Waals surface area (Å²) in [7, 11) is 0. The molecule has 3 N–H and O–H groups in total. The van der Waals surface area contributed by atoms with Gasteiger partial charge in [0.25, 0.3) is 0 Å². The van der Waals surface area contributed by atoms with Crippen LogP contribution in [0.25, 0.3) is 0 Å². The molecule has 0 amide bonds. The van der Waals surface area contributed by atoms with Crippen molar-refractivity contribution >= 4 is 11.9 Å². The van der Waals surface area contributed by atoms with E-state index in [0.717, 1.165) is 18.4 Å². The number of rotatable bonds is 8. The molecule has 0 unspecified atom stereocenters. The minimum absolute atomic E-state index is 0.156. The Morgan fingerprint density at radius 1 is 1.17 bits per heavy atom. The molecule has 1 aliphatic rings. The Hall–Kier alpha value is -2.04. The Labute approximate surface area is 144 Å². The molecule has 132 valence electrons. The zero-order chi connectivity index (χ0) is 17.0. The molecule has 0 saturated heterocycles. The second-order valence-corrected chi connectivity index (χ2v) is 6.35. The Balaban J connectivity index is 1.52. The summed E-state index contributed by atoms with van der Waals surface area (Å²) in [5.74, 6) is 0.379. The first kappa shape index (κ1) is 18.3. The lowest BCUT2D eigenvalue weighted by Gasteiger charge is -2.23. The zero-order valence-corrected chi connectivity index (χ0v) is 14.4. The molecule has 0 bridgehead atoms. The number of hydrogen-bond donors (Lipinski definition) is 2. The maximum atomic E-state index is 11.7. The fraction of sp³-hybridized carbons (Fsp3) is 0.579. The van der Waals surface area contributed by atoms with E-state index < -0.39 is 0 Å². The van der Waals surface area contributed by atoms with Crippen LogP contribution in [0.3, 0.4) is 0 Å². The normalized spacial score (nSPS) is 15.9. The van der Waals surface area contributed by atoms with Gasteiger partial charge in [-0.3, -0.25) is 9.79 Å². The number of hydrogen-bond acceptors (Lipinski definition) is 3. The van der Waals surface area contributed by atoms with Crippen LogP contribution in [-0.4, -0.2) is 24.5 Å². The molecular formula is C19H29N3O2. The number of aliphatic imine (C=N–C) groups is 1. The van der Waals surface area contributed by atoms with Crippen molar-refractivity contribution in [3.05, 3.63) is 35.9 Å². The number of esters is 1. The summed E-state index contributed by atoms with van der Waals surface area (Å²) in [6, 6.07) is 10.2. The standard InChI is InChI=1S/C19H29N3O2/c20-19(22-17-11-5-2-6-12-17)21-14-8-7-13-18(23)24-15-16-9-3-1-4-10-16/h1,3-4,9-10,17H,2,5-8,11-15H2,(H3,20,21,22). The summed E-state index contributed by atoms with van der Waals surface area (Å²) in [5.41, 5.74) is 6.92. The lowest BCUT2D eigenvalue weighted by Crippen LogP contribution is -2.41. The molecular weight excluding hydrogens is 302 g/mol. The molecule has 2 rings (SSSR count). The molecule has 0 spiro atoms. The van der Waals surface area contributed by atoms with Crippen LogP contribution in [0.1, 0.15) is 56.9 Å². The van der Waals surface area contributed by atoms with Crippen molar-refractivity contribution in [2.45, 2.75) is 64.0 Å². The van der Waals surface area contributed by atoms with Crippen molar-refractivity contribution < 1.29 is 9.53 Å². The Bertz CT molecular complexity index is 511. The number of nitrogens with one attached hydrogen (secondary N) is 1. The predicted molar refractivity (Wildman–Crippen MR) is 96.6 cm³/mol. The number of carbonyl (C=O) groups excluding carboxylic acids is 1. The van der Waals surface area contributed by atoms with E-state index in [9.17, 15) is 4.79 Å². The Morgan fingerprint density at radius 2 is 1.92 bits per heavy atom. The largest absolute Gasteiger partial charge is 0.461 e. The number of benzene rings is 1. The van der Waals surface area contributed by atoms with Gasteiger partial charge in [-0.25, -0.2) is 0 Å². The van der Waals surface area contributed by atoms with Gasteiger partial charge in [0.2, 0.25) is 0 Å². The van der Waals surface area contributed by atoms with Crippen molar-refractivity contribution in [2.75, 3.05) is 6.54 Å². The average molecular weight is 331 g/mol. The van der Waals surface area contributed by atoms with Gasteiger partial charge in [0.1, 0.15) is 6.61 Å². The van der Waals surface area contributed by atoms with Crippen molar-refractivity contribution in [1.29, 1.82) is 0 Å². The highest BCUT2D eigenvalue weighted by molar-refractivity contribution is 5.78. The summed E-state index contributed by atoms with van der Waals surface area (Å²) in [6.07, 6.45) is 8.29. The lowest BCUT2D eigenvalue weighted by molar-refractivity contribution is -0.145. The number of ether oxygens (including phenoxy) is 1.